The van der Waals surface area contributed by atoms with E-state index in [1.54, 1.807) is 25.3 Å². The molecule has 0 bridgehead atoms. The van der Waals surface area contributed by atoms with Crippen molar-refractivity contribution >= 4 is 6.08 Å². The lowest BCUT2D eigenvalue weighted by Gasteiger charge is -2.08. The van der Waals surface area contributed by atoms with Crippen LogP contribution in [0.2, 0.25) is 0 Å². The number of hydrogen-bond acceptors (Lipinski definition) is 3. The Morgan fingerprint density at radius 3 is 2.62 bits per heavy atom. The second-order valence-electron chi connectivity index (χ2n) is 5.39. The molecule has 4 nitrogen and oxygen atoms in total. The van der Waals surface area contributed by atoms with Crippen LogP contribution < -0.4 is 10.3 Å². The number of rotatable bonds is 5. The quantitative estimate of drug-likeness (QED) is 0.722. The zero-order valence-electron chi connectivity index (χ0n) is 13.5. The number of benzene rings is 2. The normalized spacial score (nSPS) is 10.4. The van der Waals surface area contributed by atoms with Crippen LogP contribution in [0.3, 0.4) is 0 Å². The van der Waals surface area contributed by atoms with Crippen LogP contribution in [-0.2, 0) is 6.54 Å². The second kappa shape index (κ2) is 6.96. The van der Waals surface area contributed by atoms with Crippen molar-refractivity contribution < 1.29 is 4.74 Å². The third-order valence-corrected chi connectivity index (χ3v) is 3.78. The molecule has 1 aromatic heterocycles. The van der Waals surface area contributed by atoms with E-state index in [1.165, 1.54) is 4.68 Å². The van der Waals surface area contributed by atoms with Gasteiger partial charge in [0.25, 0.3) is 5.56 Å². The third kappa shape index (κ3) is 3.43. The van der Waals surface area contributed by atoms with Gasteiger partial charge in [0.1, 0.15) is 5.75 Å². The monoisotopic (exact) mass is 318 g/mol. The van der Waals surface area contributed by atoms with Crippen molar-refractivity contribution in [2.75, 3.05) is 7.11 Å². The maximum Gasteiger partial charge on any atom is 0.267 e. The van der Waals surface area contributed by atoms with Gasteiger partial charge >= 0.3 is 0 Å². The van der Waals surface area contributed by atoms with Crippen molar-refractivity contribution in [2.45, 2.75) is 6.54 Å². The number of aromatic nitrogens is 2. The van der Waals surface area contributed by atoms with Gasteiger partial charge in [-0.3, -0.25) is 4.79 Å². The fourth-order valence-corrected chi connectivity index (χ4v) is 2.43. The van der Waals surface area contributed by atoms with E-state index < -0.39 is 0 Å². The Labute approximate surface area is 140 Å². The fraction of sp³-hybridized carbons (Fsp3) is 0.100. The largest absolute Gasteiger partial charge is 0.497 e. The fourth-order valence-electron chi connectivity index (χ4n) is 2.43. The smallest absolute Gasteiger partial charge is 0.267 e. The number of hydrogen-bond donors (Lipinski definition) is 0. The van der Waals surface area contributed by atoms with Crippen molar-refractivity contribution in [3.8, 4) is 17.0 Å². The molecule has 0 fully saturated rings. The summed E-state index contributed by atoms with van der Waals surface area (Å²) in [5.41, 5.74) is 3.57. The Morgan fingerprint density at radius 2 is 1.92 bits per heavy atom. The van der Waals surface area contributed by atoms with Crippen LogP contribution in [0.25, 0.3) is 17.3 Å². The SMILES string of the molecule is C=Cc1ccc(Cn2nc(-c3cccc(OC)c3)ccc2=O)cc1. The molecule has 0 radical (unpaired) electrons. The van der Waals surface area contributed by atoms with Gasteiger partial charge in [0.2, 0.25) is 0 Å². The van der Waals surface area contributed by atoms with Crippen molar-refractivity contribution in [1.82, 2.24) is 9.78 Å². The molecule has 0 aliphatic heterocycles. The first-order valence-electron chi connectivity index (χ1n) is 7.63. The molecule has 120 valence electrons. The highest BCUT2D eigenvalue weighted by molar-refractivity contribution is 5.60. The molecular weight excluding hydrogens is 300 g/mol. The van der Waals surface area contributed by atoms with Crippen LogP contribution in [0.5, 0.6) is 5.75 Å². The summed E-state index contributed by atoms with van der Waals surface area (Å²) in [6, 6.07) is 18.8. The van der Waals surface area contributed by atoms with Crippen molar-refractivity contribution in [2.24, 2.45) is 0 Å². The van der Waals surface area contributed by atoms with E-state index in [4.69, 9.17) is 4.74 Å². The molecule has 0 N–H and O–H groups in total. The zero-order valence-corrected chi connectivity index (χ0v) is 13.5. The lowest BCUT2D eigenvalue weighted by Crippen LogP contribution is -2.22. The molecule has 24 heavy (non-hydrogen) atoms. The minimum Gasteiger partial charge on any atom is -0.497 e. The second-order valence-corrected chi connectivity index (χ2v) is 5.39. The summed E-state index contributed by atoms with van der Waals surface area (Å²) in [5.74, 6) is 0.757. The Bertz CT molecular complexity index is 911. The summed E-state index contributed by atoms with van der Waals surface area (Å²) in [5, 5.41) is 4.48. The topological polar surface area (TPSA) is 44.1 Å². The van der Waals surface area contributed by atoms with Crippen molar-refractivity contribution in [3.63, 3.8) is 0 Å². The Kier molecular flexibility index (Phi) is 4.57. The maximum atomic E-state index is 12.1. The van der Waals surface area contributed by atoms with Gasteiger partial charge < -0.3 is 4.74 Å². The average Bonchev–Trinajstić information content (AvgIpc) is 2.64. The highest BCUT2D eigenvalue weighted by atomic mass is 16.5. The minimum atomic E-state index is -0.130. The van der Waals surface area contributed by atoms with Crippen molar-refractivity contribution in [3.05, 3.63) is 88.7 Å². The predicted molar refractivity (Wildman–Crippen MR) is 96.1 cm³/mol. The molecule has 2 aromatic carbocycles. The summed E-state index contributed by atoms with van der Waals surface area (Å²) in [4.78, 5) is 12.1. The molecule has 0 aliphatic rings. The van der Waals surface area contributed by atoms with Crippen LogP contribution >= 0.6 is 0 Å². The third-order valence-electron chi connectivity index (χ3n) is 3.78. The summed E-state index contributed by atoms with van der Waals surface area (Å²) in [6.45, 7) is 4.16. The molecule has 0 unspecified atom stereocenters. The van der Waals surface area contributed by atoms with Crippen LogP contribution in [0, 0.1) is 0 Å². The van der Waals surface area contributed by atoms with Gasteiger partial charge in [0.15, 0.2) is 0 Å². The Balaban J connectivity index is 1.93. The molecule has 0 spiro atoms. The van der Waals surface area contributed by atoms with Gasteiger partial charge in [0.05, 0.1) is 19.3 Å². The predicted octanol–water partition coefficient (Wildman–Crippen LogP) is 3.61. The Morgan fingerprint density at radius 1 is 1.12 bits per heavy atom. The Hall–Kier alpha value is -3.14. The van der Waals surface area contributed by atoms with Gasteiger partial charge in [-0.05, 0) is 29.3 Å². The average molecular weight is 318 g/mol. The van der Waals surface area contributed by atoms with Crippen LogP contribution in [0.15, 0.2) is 72.0 Å². The maximum absolute atomic E-state index is 12.1. The van der Waals surface area contributed by atoms with Gasteiger partial charge in [-0.1, -0.05) is 49.1 Å². The van der Waals surface area contributed by atoms with Gasteiger partial charge in [0, 0.05) is 11.6 Å². The number of methoxy groups -OCH3 is 1. The molecule has 0 amide bonds. The summed E-state index contributed by atoms with van der Waals surface area (Å²) >= 11 is 0. The van der Waals surface area contributed by atoms with E-state index in [0.29, 0.717) is 6.54 Å². The number of nitrogens with zero attached hydrogens (tertiary/aromatic N) is 2. The van der Waals surface area contributed by atoms with Crippen LogP contribution in [0.4, 0.5) is 0 Å². The molecule has 0 saturated carbocycles. The zero-order chi connectivity index (χ0) is 16.9. The minimum absolute atomic E-state index is 0.130. The lowest BCUT2D eigenvalue weighted by atomic mass is 10.1. The van der Waals surface area contributed by atoms with E-state index in [0.717, 1.165) is 28.1 Å². The van der Waals surface area contributed by atoms with E-state index in [1.807, 2.05) is 48.5 Å². The molecule has 1 heterocycles. The van der Waals surface area contributed by atoms with Crippen molar-refractivity contribution in [1.29, 1.82) is 0 Å². The molecule has 3 rings (SSSR count). The summed E-state index contributed by atoms with van der Waals surface area (Å²) in [7, 11) is 1.63. The number of ether oxygens (including phenoxy) is 1. The summed E-state index contributed by atoms with van der Waals surface area (Å²) in [6.07, 6.45) is 1.79. The first-order chi connectivity index (χ1) is 11.7. The molecular formula is C20H18N2O2. The molecule has 0 aliphatic carbocycles. The molecule has 0 atom stereocenters. The highest BCUT2D eigenvalue weighted by Crippen LogP contribution is 2.21. The highest BCUT2D eigenvalue weighted by Gasteiger charge is 2.05. The lowest BCUT2D eigenvalue weighted by molar-refractivity contribution is 0.415. The summed E-state index contributed by atoms with van der Waals surface area (Å²) < 4.78 is 6.71. The first kappa shape index (κ1) is 15.7. The van der Waals surface area contributed by atoms with Gasteiger partial charge in [-0.2, -0.15) is 5.10 Å². The standard InChI is InChI=1S/C20H18N2O2/c1-3-15-7-9-16(10-8-15)14-22-20(23)12-11-19(21-22)17-5-4-6-18(13-17)24-2/h3-13H,1,14H2,2H3. The van der Waals surface area contributed by atoms with E-state index in [2.05, 4.69) is 11.7 Å². The van der Waals surface area contributed by atoms with Gasteiger partial charge in [-0.25, -0.2) is 4.68 Å². The molecule has 4 heteroatoms. The molecule has 0 saturated heterocycles. The van der Waals surface area contributed by atoms with E-state index in [-0.39, 0.29) is 5.56 Å². The van der Waals surface area contributed by atoms with E-state index in [9.17, 15) is 4.79 Å². The van der Waals surface area contributed by atoms with Gasteiger partial charge in [-0.15, -0.1) is 0 Å². The van der Waals surface area contributed by atoms with Crippen LogP contribution in [-0.4, -0.2) is 16.9 Å². The first-order valence-corrected chi connectivity index (χ1v) is 7.63. The van der Waals surface area contributed by atoms with E-state index >= 15 is 0 Å². The van der Waals surface area contributed by atoms with Crippen LogP contribution in [0.1, 0.15) is 11.1 Å². The molecule has 3 aromatic rings.